The Bertz CT molecular complexity index is 209. The van der Waals surface area contributed by atoms with E-state index < -0.39 is 0 Å². The number of rotatable bonds is 5. The molecule has 2 atom stereocenters. The lowest BCUT2D eigenvalue weighted by Crippen LogP contribution is -2.35. The summed E-state index contributed by atoms with van der Waals surface area (Å²) in [5, 5.41) is 3.26. The maximum Gasteiger partial charge on any atom is -0.00518 e. The summed E-state index contributed by atoms with van der Waals surface area (Å²) < 4.78 is 0. The van der Waals surface area contributed by atoms with Crippen LogP contribution in [0.4, 0.5) is 0 Å². The van der Waals surface area contributed by atoms with Crippen molar-refractivity contribution in [3.63, 3.8) is 0 Å². The molecule has 16 heavy (non-hydrogen) atoms. The van der Waals surface area contributed by atoms with Gasteiger partial charge in [-0.25, -0.2) is 0 Å². The predicted octanol–water partition coefficient (Wildman–Crippen LogP) is 4.23. The monoisotopic (exact) mass is 225 g/mol. The van der Waals surface area contributed by atoms with Gasteiger partial charge in [0.2, 0.25) is 0 Å². The predicted molar refractivity (Wildman–Crippen MR) is 72.7 cm³/mol. The lowest BCUT2D eigenvalue weighted by Gasteiger charge is -2.46. The van der Waals surface area contributed by atoms with E-state index in [0.29, 0.717) is 10.8 Å². The fraction of sp³-hybridized carbons (Fsp3) is 1.00. The third kappa shape index (κ3) is 4.08. The average Bonchev–Trinajstić information content (AvgIpc) is 2.15. The molecule has 1 heteroatoms. The van der Waals surface area contributed by atoms with Crippen molar-refractivity contribution >= 4 is 0 Å². The minimum Gasteiger partial charge on any atom is -0.320 e. The van der Waals surface area contributed by atoms with Crippen LogP contribution in [0, 0.1) is 16.7 Å². The van der Waals surface area contributed by atoms with Gasteiger partial charge in [-0.2, -0.15) is 0 Å². The molecule has 0 amide bonds. The fourth-order valence-corrected chi connectivity index (χ4v) is 3.89. The molecule has 1 saturated carbocycles. The maximum absolute atomic E-state index is 3.26. The zero-order valence-corrected chi connectivity index (χ0v) is 12.0. The van der Waals surface area contributed by atoms with Crippen molar-refractivity contribution in [2.45, 2.75) is 66.2 Å². The Kier molecular flexibility index (Phi) is 4.85. The van der Waals surface area contributed by atoms with Crippen LogP contribution in [0.3, 0.4) is 0 Å². The summed E-state index contributed by atoms with van der Waals surface area (Å²) in [5.41, 5.74) is 1.17. The van der Waals surface area contributed by atoms with Crippen molar-refractivity contribution in [2.24, 2.45) is 16.7 Å². The van der Waals surface area contributed by atoms with E-state index in [2.05, 4.69) is 40.1 Å². The Hall–Kier alpha value is -0.0400. The van der Waals surface area contributed by atoms with Crippen molar-refractivity contribution < 1.29 is 0 Å². The second kappa shape index (κ2) is 5.53. The van der Waals surface area contributed by atoms with E-state index in [4.69, 9.17) is 0 Å². The summed E-state index contributed by atoms with van der Waals surface area (Å²) in [5.74, 6) is 0.960. The second-order valence-electron chi connectivity index (χ2n) is 7.03. The highest BCUT2D eigenvalue weighted by Crippen LogP contribution is 2.51. The minimum atomic E-state index is 0.563. The molecular weight excluding hydrogens is 194 g/mol. The van der Waals surface area contributed by atoms with E-state index >= 15 is 0 Å². The van der Waals surface area contributed by atoms with Crippen LogP contribution < -0.4 is 5.32 Å². The van der Waals surface area contributed by atoms with Gasteiger partial charge in [-0.15, -0.1) is 0 Å². The molecule has 0 aromatic heterocycles. The molecule has 96 valence electrons. The molecule has 0 radical (unpaired) electrons. The second-order valence-corrected chi connectivity index (χ2v) is 7.03. The van der Waals surface area contributed by atoms with E-state index in [-0.39, 0.29) is 0 Å². The Morgan fingerprint density at radius 2 is 1.88 bits per heavy atom. The van der Waals surface area contributed by atoms with E-state index in [1.54, 1.807) is 0 Å². The fourth-order valence-electron chi connectivity index (χ4n) is 3.89. The van der Waals surface area contributed by atoms with Crippen LogP contribution in [0.2, 0.25) is 0 Å². The molecule has 0 aromatic carbocycles. The SMILES string of the molecule is CCC1(C)CC(CCCNC)CC(C)(C)C1. The summed E-state index contributed by atoms with van der Waals surface area (Å²) in [6.45, 7) is 11.0. The summed E-state index contributed by atoms with van der Waals surface area (Å²) in [4.78, 5) is 0. The summed E-state index contributed by atoms with van der Waals surface area (Å²) >= 11 is 0. The summed E-state index contributed by atoms with van der Waals surface area (Å²) in [7, 11) is 2.06. The van der Waals surface area contributed by atoms with Crippen LogP contribution in [0.25, 0.3) is 0 Å². The van der Waals surface area contributed by atoms with E-state index in [1.165, 1.54) is 45.1 Å². The molecule has 0 aliphatic heterocycles. The average molecular weight is 225 g/mol. The van der Waals surface area contributed by atoms with E-state index in [9.17, 15) is 0 Å². The van der Waals surface area contributed by atoms with Gasteiger partial charge in [-0.1, -0.05) is 34.1 Å². The van der Waals surface area contributed by atoms with Gasteiger partial charge in [0.15, 0.2) is 0 Å². The Labute approximate surface area is 102 Å². The molecule has 0 bridgehead atoms. The Morgan fingerprint density at radius 3 is 2.44 bits per heavy atom. The molecule has 0 saturated heterocycles. The third-order valence-electron chi connectivity index (χ3n) is 4.42. The van der Waals surface area contributed by atoms with Gasteiger partial charge in [-0.3, -0.25) is 0 Å². The molecule has 0 spiro atoms. The largest absolute Gasteiger partial charge is 0.320 e. The van der Waals surface area contributed by atoms with Crippen molar-refractivity contribution in [2.75, 3.05) is 13.6 Å². The summed E-state index contributed by atoms with van der Waals surface area (Å²) in [6.07, 6.45) is 8.41. The van der Waals surface area contributed by atoms with Crippen LogP contribution in [0.5, 0.6) is 0 Å². The van der Waals surface area contributed by atoms with Crippen LogP contribution >= 0.6 is 0 Å². The van der Waals surface area contributed by atoms with E-state index in [1.807, 2.05) is 0 Å². The van der Waals surface area contributed by atoms with Crippen LogP contribution in [0.15, 0.2) is 0 Å². The van der Waals surface area contributed by atoms with Crippen LogP contribution in [-0.4, -0.2) is 13.6 Å². The number of hydrogen-bond acceptors (Lipinski definition) is 1. The first-order chi connectivity index (χ1) is 7.41. The zero-order valence-electron chi connectivity index (χ0n) is 12.0. The highest BCUT2D eigenvalue weighted by Gasteiger charge is 2.39. The van der Waals surface area contributed by atoms with Gasteiger partial charge >= 0.3 is 0 Å². The van der Waals surface area contributed by atoms with Crippen molar-refractivity contribution in [1.82, 2.24) is 5.32 Å². The molecule has 1 fully saturated rings. The molecule has 1 N–H and O–H groups in total. The van der Waals surface area contributed by atoms with Gasteiger partial charge in [0.1, 0.15) is 0 Å². The van der Waals surface area contributed by atoms with Crippen molar-refractivity contribution in [1.29, 1.82) is 0 Å². The highest BCUT2D eigenvalue weighted by atomic mass is 14.8. The molecular formula is C15H31N. The molecule has 1 aliphatic carbocycles. The molecule has 1 rings (SSSR count). The first kappa shape index (κ1) is 14.0. The van der Waals surface area contributed by atoms with Crippen molar-refractivity contribution in [3.05, 3.63) is 0 Å². The molecule has 1 aliphatic rings. The Morgan fingerprint density at radius 1 is 1.19 bits per heavy atom. The van der Waals surface area contributed by atoms with Gasteiger partial charge < -0.3 is 5.32 Å². The quantitative estimate of drug-likeness (QED) is 0.691. The first-order valence-electron chi connectivity index (χ1n) is 7.05. The minimum absolute atomic E-state index is 0.563. The van der Waals surface area contributed by atoms with Crippen molar-refractivity contribution in [3.8, 4) is 0 Å². The number of nitrogens with one attached hydrogen (secondary N) is 1. The number of hydrogen-bond donors (Lipinski definition) is 1. The van der Waals surface area contributed by atoms with Gasteiger partial charge in [0.25, 0.3) is 0 Å². The molecule has 0 heterocycles. The topological polar surface area (TPSA) is 12.0 Å². The van der Waals surface area contributed by atoms with Gasteiger partial charge in [0.05, 0.1) is 0 Å². The molecule has 2 unspecified atom stereocenters. The highest BCUT2D eigenvalue weighted by molar-refractivity contribution is 4.90. The smallest absolute Gasteiger partial charge is 0.00518 e. The van der Waals surface area contributed by atoms with E-state index in [0.717, 1.165) is 5.92 Å². The molecule has 1 nitrogen and oxygen atoms in total. The van der Waals surface area contributed by atoms with Crippen LogP contribution in [-0.2, 0) is 0 Å². The lowest BCUT2D eigenvalue weighted by molar-refractivity contribution is 0.0470. The normalized spacial score (nSPS) is 33.9. The lowest BCUT2D eigenvalue weighted by atomic mass is 9.59. The molecule has 0 aromatic rings. The zero-order chi connectivity index (χ0) is 12.2. The van der Waals surface area contributed by atoms with Crippen LogP contribution in [0.1, 0.15) is 66.2 Å². The Balaban J connectivity index is 2.52. The summed E-state index contributed by atoms with van der Waals surface area (Å²) in [6, 6.07) is 0. The third-order valence-corrected chi connectivity index (χ3v) is 4.42. The van der Waals surface area contributed by atoms with Gasteiger partial charge in [0, 0.05) is 0 Å². The first-order valence-corrected chi connectivity index (χ1v) is 7.05. The standard InChI is InChI=1S/C15H31N/c1-6-15(4)11-13(8-7-9-16-5)10-14(2,3)12-15/h13,16H,6-12H2,1-5H3. The maximum atomic E-state index is 3.26. The van der Waals surface area contributed by atoms with Gasteiger partial charge in [-0.05, 0) is 62.4 Å².